The van der Waals surface area contributed by atoms with Crippen molar-refractivity contribution in [2.75, 3.05) is 18.4 Å². The van der Waals surface area contributed by atoms with Crippen LogP contribution in [0.15, 0.2) is 30.5 Å². The quantitative estimate of drug-likeness (QED) is 0.943. The Morgan fingerprint density at radius 2 is 2.26 bits per heavy atom. The van der Waals surface area contributed by atoms with Crippen LogP contribution in [0, 0.1) is 12.7 Å². The van der Waals surface area contributed by atoms with Crippen molar-refractivity contribution in [3.8, 4) is 0 Å². The monoisotopic (exact) mass is 316 g/mol. The zero-order valence-corrected chi connectivity index (χ0v) is 13.4. The molecule has 122 valence electrons. The number of hydrogen-bond donors (Lipinski definition) is 1. The first-order valence-corrected chi connectivity index (χ1v) is 7.81. The molecule has 0 saturated carbocycles. The maximum Gasteiger partial charge on any atom is 0.222 e. The van der Waals surface area contributed by atoms with E-state index in [-0.39, 0.29) is 17.8 Å². The van der Waals surface area contributed by atoms with Gasteiger partial charge in [-0.3, -0.25) is 14.4 Å². The van der Waals surface area contributed by atoms with Crippen LogP contribution in [-0.2, 0) is 11.3 Å². The molecule has 0 unspecified atom stereocenters. The predicted octanol–water partition coefficient (Wildman–Crippen LogP) is 2.74. The third-order valence-corrected chi connectivity index (χ3v) is 4.18. The third kappa shape index (κ3) is 3.76. The number of rotatable bonds is 4. The highest BCUT2D eigenvalue weighted by Gasteiger charge is 2.24. The number of aryl methyl sites for hydroxylation is 1. The number of halogens is 1. The van der Waals surface area contributed by atoms with Gasteiger partial charge in [0.15, 0.2) is 5.82 Å². The molecule has 1 N–H and O–H groups in total. The highest BCUT2D eigenvalue weighted by molar-refractivity contribution is 5.87. The first kappa shape index (κ1) is 15.7. The largest absolute Gasteiger partial charge is 0.309 e. The average Bonchev–Trinajstić information content (AvgIpc) is 3.11. The molecule has 1 aliphatic heterocycles. The summed E-state index contributed by atoms with van der Waals surface area (Å²) in [5, 5.41) is 7.08. The molecule has 2 heterocycles. The Morgan fingerprint density at radius 3 is 3.00 bits per heavy atom. The van der Waals surface area contributed by atoms with Crippen molar-refractivity contribution in [2.24, 2.45) is 0 Å². The summed E-state index contributed by atoms with van der Waals surface area (Å²) in [6.07, 6.45) is 2.89. The fraction of sp³-hybridized carbons (Fsp3) is 0.412. The van der Waals surface area contributed by atoms with Gasteiger partial charge in [0.25, 0.3) is 0 Å². The van der Waals surface area contributed by atoms with Crippen LogP contribution in [-0.4, -0.2) is 33.7 Å². The molecule has 1 fully saturated rings. The molecule has 23 heavy (non-hydrogen) atoms. The molecule has 5 nitrogen and oxygen atoms in total. The summed E-state index contributed by atoms with van der Waals surface area (Å²) in [4.78, 5) is 13.4. The van der Waals surface area contributed by atoms with E-state index >= 15 is 0 Å². The molecule has 6 heteroatoms. The first-order valence-electron chi connectivity index (χ1n) is 7.81. The number of hydrogen-bond acceptors (Lipinski definition) is 3. The zero-order valence-electron chi connectivity index (χ0n) is 13.4. The van der Waals surface area contributed by atoms with Gasteiger partial charge in [0.05, 0.1) is 6.04 Å². The van der Waals surface area contributed by atoms with Crippen LogP contribution < -0.4 is 5.32 Å². The molecule has 1 aromatic heterocycles. The SMILES string of the molecule is CC(=O)Nc1ccn([C@@H]2CCN(Cc3ccc(C)c(F)c3)C2)n1. The van der Waals surface area contributed by atoms with E-state index in [0.29, 0.717) is 11.4 Å². The van der Waals surface area contributed by atoms with Crippen LogP contribution >= 0.6 is 0 Å². The van der Waals surface area contributed by atoms with E-state index in [4.69, 9.17) is 0 Å². The van der Waals surface area contributed by atoms with Crippen LogP contribution in [0.2, 0.25) is 0 Å². The fourth-order valence-electron chi connectivity index (χ4n) is 2.95. The van der Waals surface area contributed by atoms with Crippen molar-refractivity contribution in [3.63, 3.8) is 0 Å². The first-order chi connectivity index (χ1) is 11.0. The lowest BCUT2D eigenvalue weighted by atomic mass is 10.1. The highest BCUT2D eigenvalue weighted by Crippen LogP contribution is 2.24. The zero-order chi connectivity index (χ0) is 16.4. The number of carbonyl (C=O) groups excluding carboxylic acids is 1. The van der Waals surface area contributed by atoms with Crippen molar-refractivity contribution < 1.29 is 9.18 Å². The Bertz CT molecular complexity index is 712. The molecule has 1 aromatic carbocycles. The number of anilines is 1. The minimum atomic E-state index is -0.148. The van der Waals surface area contributed by atoms with E-state index in [1.165, 1.54) is 6.92 Å². The second kappa shape index (κ2) is 6.50. The number of benzene rings is 1. The molecular formula is C17H21FN4O. The lowest BCUT2D eigenvalue weighted by Crippen LogP contribution is -2.21. The second-order valence-electron chi connectivity index (χ2n) is 6.12. The van der Waals surface area contributed by atoms with Gasteiger partial charge in [-0.05, 0) is 30.5 Å². The minimum absolute atomic E-state index is 0.121. The van der Waals surface area contributed by atoms with Crippen LogP contribution in [0.3, 0.4) is 0 Å². The Hall–Kier alpha value is -2.21. The van der Waals surface area contributed by atoms with E-state index in [9.17, 15) is 9.18 Å². The van der Waals surface area contributed by atoms with E-state index in [2.05, 4.69) is 15.3 Å². The summed E-state index contributed by atoms with van der Waals surface area (Å²) < 4.78 is 15.5. The molecule has 2 aromatic rings. The maximum atomic E-state index is 13.6. The van der Waals surface area contributed by atoms with Gasteiger partial charge in [0, 0.05) is 38.8 Å². The van der Waals surface area contributed by atoms with Crippen LogP contribution in [0.25, 0.3) is 0 Å². The molecular weight excluding hydrogens is 295 g/mol. The number of amides is 1. The lowest BCUT2D eigenvalue weighted by molar-refractivity contribution is -0.114. The smallest absolute Gasteiger partial charge is 0.222 e. The standard InChI is InChI=1S/C17H21FN4O/c1-12-3-4-14(9-16(12)18)10-21-7-5-15(11-21)22-8-6-17(20-22)19-13(2)23/h3-4,6,8-9,15H,5,7,10-11H2,1-2H3,(H,19,20,23)/t15-/m1/s1. The van der Waals surface area contributed by atoms with E-state index < -0.39 is 0 Å². The molecule has 0 spiro atoms. The van der Waals surface area contributed by atoms with Crippen LogP contribution in [0.4, 0.5) is 10.2 Å². The van der Waals surface area contributed by atoms with Gasteiger partial charge in [-0.1, -0.05) is 12.1 Å². The second-order valence-corrected chi connectivity index (χ2v) is 6.12. The average molecular weight is 316 g/mol. The van der Waals surface area contributed by atoms with E-state index in [0.717, 1.165) is 31.6 Å². The maximum absolute atomic E-state index is 13.6. The Morgan fingerprint density at radius 1 is 1.43 bits per heavy atom. The van der Waals surface area contributed by atoms with E-state index in [1.54, 1.807) is 19.1 Å². The molecule has 1 amide bonds. The summed E-state index contributed by atoms with van der Waals surface area (Å²) in [5.41, 5.74) is 1.67. The fourth-order valence-corrected chi connectivity index (χ4v) is 2.95. The molecule has 0 radical (unpaired) electrons. The number of likely N-dealkylation sites (tertiary alicyclic amines) is 1. The summed E-state index contributed by atoms with van der Waals surface area (Å²) in [5.74, 6) is 0.312. The lowest BCUT2D eigenvalue weighted by Gasteiger charge is -2.16. The molecule has 0 aliphatic carbocycles. The van der Waals surface area contributed by atoms with Crippen molar-refractivity contribution in [1.82, 2.24) is 14.7 Å². The summed E-state index contributed by atoms with van der Waals surface area (Å²) in [6.45, 7) is 5.81. The van der Waals surface area contributed by atoms with Crippen molar-refractivity contribution in [2.45, 2.75) is 32.9 Å². The Labute approximate surface area is 135 Å². The normalized spacial score (nSPS) is 18.3. The molecule has 3 rings (SSSR count). The number of nitrogens with zero attached hydrogens (tertiary/aromatic N) is 3. The van der Waals surface area contributed by atoms with Gasteiger partial charge in [0.1, 0.15) is 5.82 Å². The third-order valence-electron chi connectivity index (χ3n) is 4.18. The van der Waals surface area contributed by atoms with Gasteiger partial charge < -0.3 is 5.32 Å². The molecule has 1 aliphatic rings. The molecule has 0 bridgehead atoms. The van der Waals surface area contributed by atoms with Gasteiger partial charge in [-0.25, -0.2) is 4.39 Å². The van der Waals surface area contributed by atoms with Gasteiger partial charge in [-0.15, -0.1) is 0 Å². The van der Waals surface area contributed by atoms with Crippen LogP contribution in [0.1, 0.15) is 30.5 Å². The number of aromatic nitrogens is 2. The topological polar surface area (TPSA) is 50.2 Å². The van der Waals surface area contributed by atoms with E-state index in [1.807, 2.05) is 23.0 Å². The molecule has 1 saturated heterocycles. The predicted molar refractivity (Wildman–Crippen MR) is 86.6 cm³/mol. The summed E-state index contributed by atoms with van der Waals surface area (Å²) in [6, 6.07) is 7.51. The Kier molecular flexibility index (Phi) is 4.43. The van der Waals surface area contributed by atoms with Crippen LogP contribution in [0.5, 0.6) is 0 Å². The highest BCUT2D eigenvalue weighted by atomic mass is 19.1. The van der Waals surface area contributed by atoms with Crippen molar-refractivity contribution in [1.29, 1.82) is 0 Å². The number of carbonyl (C=O) groups is 1. The molecule has 1 atom stereocenters. The van der Waals surface area contributed by atoms with Gasteiger partial charge in [0.2, 0.25) is 5.91 Å². The summed E-state index contributed by atoms with van der Waals surface area (Å²) in [7, 11) is 0. The van der Waals surface area contributed by atoms with Crippen molar-refractivity contribution >= 4 is 11.7 Å². The Balaban J connectivity index is 1.60. The minimum Gasteiger partial charge on any atom is -0.309 e. The summed E-state index contributed by atoms with van der Waals surface area (Å²) >= 11 is 0. The van der Waals surface area contributed by atoms with Gasteiger partial charge in [-0.2, -0.15) is 5.10 Å². The van der Waals surface area contributed by atoms with Crippen molar-refractivity contribution in [3.05, 3.63) is 47.4 Å². The number of nitrogens with one attached hydrogen (secondary N) is 1. The van der Waals surface area contributed by atoms with Gasteiger partial charge >= 0.3 is 0 Å².